The van der Waals surface area contributed by atoms with Crippen molar-refractivity contribution in [2.24, 2.45) is 0 Å². The van der Waals surface area contributed by atoms with Gasteiger partial charge in [0.1, 0.15) is 0 Å². The first-order chi connectivity index (χ1) is 9.70. The molecule has 1 aromatic rings. The summed E-state index contributed by atoms with van der Waals surface area (Å²) >= 11 is 0. The summed E-state index contributed by atoms with van der Waals surface area (Å²) in [5.41, 5.74) is 5.63. The number of carbonyl (C=O) groups is 1. The molecular weight excluding hydrogens is 254 g/mol. The summed E-state index contributed by atoms with van der Waals surface area (Å²) in [7, 11) is 0. The van der Waals surface area contributed by atoms with E-state index in [0.717, 1.165) is 37.3 Å². The Labute approximate surface area is 120 Å². The number of carbonyl (C=O) groups excluding carboxylic acids is 1. The van der Waals surface area contributed by atoms with E-state index in [0.29, 0.717) is 18.8 Å². The minimum atomic E-state index is -0.0609. The molecule has 1 aliphatic heterocycles. The molecule has 5 heteroatoms. The number of ether oxygens (including phenoxy) is 1. The minimum Gasteiger partial charge on any atom is -0.384 e. The van der Waals surface area contributed by atoms with E-state index in [2.05, 4.69) is 17.7 Å². The third-order valence-electron chi connectivity index (χ3n) is 3.26. The highest BCUT2D eigenvalue weighted by molar-refractivity contribution is 5.99. The van der Waals surface area contributed by atoms with Crippen LogP contribution in [0.2, 0.25) is 0 Å². The summed E-state index contributed by atoms with van der Waals surface area (Å²) in [4.78, 5) is 12.4. The Kier molecular flexibility index (Phi) is 5.38. The number of rotatable bonds is 5. The third kappa shape index (κ3) is 3.95. The molecule has 0 radical (unpaired) electrons. The van der Waals surface area contributed by atoms with Crippen LogP contribution in [0.5, 0.6) is 0 Å². The maximum absolute atomic E-state index is 12.4. The van der Waals surface area contributed by atoms with Crippen molar-refractivity contribution in [3.05, 3.63) is 29.3 Å². The van der Waals surface area contributed by atoms with Gasteiger partial charge in [-0.15, -0.1) is 0 Å². The smallest absolute Gasteiger partial charge is 0.267 e. The van der Waals surface area contributed by atoms with Gasteiger partial charge in [-0.1, -0.05) is 18.6 Å². The number of nitrogens with zero attached hydrogens (tertiary/aromatic N) is 1. The number of hydrazine groups is 1. The van der Waals surface area contributed by atoms with Crippen LogP contribution in [0, 0.1) is 6.92 Å². The lowest BCUT2D eigenvalue weighted by molar-refractivity contribution is 0.0126. The number of hydrogen-bond donors (Lipinski definition) is 2. The van der Waals surface area contributed by atoms with Gasteiger partial charge in [0.15, 0.2) is 0 Å². The van der Waals surface area contributed by atoms with Crippen LogP contribution in [0.15, 0.2) is 18.2 Å². The monoisotopic (exact) mass is 277 g/mol. The molecule has 0 bridgehead atoms. The Bertz CT molecular complexity index is 456. The average molecular weight is 277 g/mol. The molecule has 1 amide bonds. The predicted molar refractivity (Wildman–Crippen MR) is 79.8 cm³/mol. The van der Waals surface area contributed by atoms with Crippen LogP contribution in [0.3, 0.4) is 0 Å². The van der Waals surface area contributed by atoms with Crippen molar-refractivity contribution in [2.45, 2.75) is 20.3 Å². The van der Waals surface area contributed by atoms with Crippen molar-refractivity contribution in [3.63, 3.8) is 0 Å². The minimum absolute atomic E-state index is 0.0609. The summed E-state index contributed by atoms with van der Waals surface area (Å²) in [6.07, 6.45) is 1.03. The predicted octanol–water partition coefficient (Wildman–Crippen LogP) is 1.79. The van der Waals surface area contributed by atoms with Crippen molar-refractivity contribution in [2.75, 3.05) is 38.2 Å². The van der Waals surface area contributed by atoms with Crippen LogP contribution in [-0.4, -0.2) is 43.8 Å². The molecule has 1 heterocycles. The van der Waals surface area contributed by atoms with E-state index in [1.165, 1.54) is 0 Å². The molecule has 1 aliphatic rings. The maximum Gasteiger partial charge on any atom is 0.267 e. The first-order valence-electron chi connectivity index (χ1n) is 7.19. The van der Waals surface area contributed by atoms with E-state index in [9.17, 15) is 4.79 Å². The molecule has 110 valence electrons. The molecule has 1 fully saturated rings. The molecule has 2 rings (SSSR count). The van der Waals surface area contributed by atoms with Gasteiger partial charge in [-0.05, 0) is 25.5 Å². The van der Waals surface area contributed by atoms with Crippen molar-refractivity contribution in [1.82, 2.24) is 10.4 Å². The zero-order chi connectivity index (χ0) is 14.4. The first kappa shape index (κ1) is 14.8. The number of hydrogen-bond acceptors (Lipinski definition) is 4. The van der Waals surface area contributed by atoms with Crippen molar-refractivity contribution in [1.29, 1.82) is 0 Å². The Hall–Kier alpha value is -1.59. The van der Waals surface area contributed by atoms with Gasteiger partial charge in [-0.25, -0.2) is 5.01 Å². The molecule has 5 nitrogen and oxygen atoms in total. The van der Waals surface area contributed by atoms with E-state index >= 15 is 0 Å². The average Bonchev–Trinajstić information content (AvgIpc) is 2.47. The van der Waals surface area contributed by atoms with E-state index in [1.807, 2.05) is 30.1 Å². The normalized spacial score (nSPS) is 15.9. The van der Waals surface area contributed by atoms with Crippen molar-refractivity contribution in [3.8, 4) is 0 Å². The number of benzene rings is 1. The van der Waals surface area contributed by atoms with Gasteiger partial charge in [-0.2, -0.15) is 0 Å². The fourth-order valence-corrected chi connectivity index (χ4v) is 2.14. The maximum atomic E-state index is 12.4. The van der Waals surface area contributed by atoms with E-state index in [4.69, 9.17) is 4.74 Å². The quantitative estimate of drug-likeness (QED) is 0.861. The molecule has 0 aromatic heterocycles. The number of anilines is 1. The molecule has 0 aliphatic carbocycles. The second-order valence-electron chi connectivity index (χ2n) is 5.02. The molecule has 0 saturated carbocycles. The van der Waals surface area contributed by atoms with Gasteiger partial charge < -0.3 is 10.1 Å². The lowest BCUT2D eigenvalue weighted by Gasteiger charge is -2.27. The van der Waals surface area contributed by atoms with Crippen LogP contribution >= 0.6 is 0 Å². The highest BCUT2D eigenvalue weighted by Gasteiger charge is 2.16. The van der Waals surface area contributed by atoms with Gasteiger partial charge in [0.2, 0.25) is 0 Å². The first-order valence-corrected chi connectivity index (χ1v) is 7.19. The fraction of sp³-hybridized carbons (Fsp3) is 0.533. The molecule has 2 N–H and O–H groups in total. The summed E-state index contributed by atoms with van der Waals surface area (Å²) in [5, 5.41) is 5.22. The van der Waals surface area contributed by atoms with Gasteiger partial charge in [0, 0.05) is 25.3 Å². The van der Waals surface area contributed by atoms with Crippen LogP contribution < -0.4 is 10.7 Å². The lowest BCUT2D eigenvalue weighted by atomic mass is 10.1. The van der Waals surface area contributed by atoms with Gasteiger partial charge in [0.05, 0.1) is 18.8 Å². The van der Waals surface area contributed by atoms with E-state index in [-0.39, 0.29) is 5.91 Å². The Morgan fingerprint density at radius 2 is 2.10 bits per heavy atom. The number of nitrogens with one attached hydrogen (secondary N) is 2. The molecule has 0 atom stereocenters. The number of aryl methyl sites for hydroxylation is 1. The van der Waals surface area contributed by atoms with Crippen LogP contribution in [0.1, 0.15) is 29.3 Å². The second-order valence-corrected chi connectivity index (χ2v) is 5.02. The summed E-state index contributed by atoms with van der Waals surface area (Å²) in [5.74, 6) is -0.0609. The van der Waals surface area contributed by atoms with Gasteiger partial charge in [-0.3, -0.25) is 10.2 Å². The third-order valence-corrected chi connectivity index (χ3v) is 3.26. The molecule has 20 heavy (non-hydrogen) atoms. The van der Waals surface area contributed by atoms with E-state index < -0.39 is 0 Å². The Morgan fingerprint density at radius 1 is 1.35 bits per heavy atom. The highest BCUT2D eigenvalue weighted by atomic mass is 16.5. The Balaban J connectivity index is 2.08. The fourth-order valence-electron chi connectivity index (χ4n) is 2.14. The Morgan fingerprint density at radius 3 is 2.80 bits per heavy atom. The van der Waals surface area contributed by atoms with Gasteiger partial charge in [0.25, 0.3) is 5.91 Å². The zero-order valence-corrected chi connectivity index (χ0v) is 12.2. The number of amides is 1. The summed E-state index contributed by atoms with van der Waals surface area (Å²) < 4.78 is 5.28. The summed E-state index contributed by atoms with van der Waals surface area (Å²) in [6, 6.07) is 5.91. The SMILES string of the molecule is CCCNc1ccc(C)cc1C(=O)NN1CCOCC1. The lowest BCUT2D eigenvalue weighted by Crippen LogP contribution is -2.48. The largest absolute Gasteiger partial charge is 0.384 e. The van der Waals surface area contributed by atoms with Crippen molar-refractivity contribution >= 4 is 11.6 Å². The molecule has 1 aromatic carbocycles. The zero-order valence-electron chi connectivity index (χ0n) is 12.2. The molecule has 0 unspecified atom stereocenters. The highest BCUT2D eigenvalue weighted by Crippen LogP contribution is 2.17. The second kappa shape index (κ2) is 7.26. The number of morpholine rings is 1. The summed E-state index contributed by atoms with van der Waals surface area (Å²) in [6.45, 7) is 7.75. The molecular formula is C15H23N3O2. The topological polar surface area (TPSA) is 53.6 Å². The van der Waals surface area contributed by atoms with Crippen molar-refractivity contribution < 1.29 is 9.53 Å². The van der Waals surface area contributed by atoms with Gasteiger partial charge >= 0.3 is 0 Å². The van der Waals surface area contributed by atoms with Crippen LogP contribution in [0.25, 0.3) is 0 Å². The van der Waals surface area contributed by atoms with Crippen LogP contribution in [0.4, 0.5) is 5.69 Å². The standard InChI is InChI=1S/C15H23N3O2/c1-3-6-16-14-5-4-12(2)11-13(14)15(19)17-18-7-9-20-10-8-18/h4-5,11,16H,3,6-10H2,1-2H3,(H,17,19). The van der Waals surface area contributed by atoms with E-state index in [1.54, 1.807) is 0 Å². The molecule has 0 spiro atoms. The van der Waals surface area contributed by atoms with Crippen LogP contribution in [-0.2, 0) is 4.74 Å². The molecule has 1 saturated heterocycles.